The number of thiazole rings is 1. The van der Waals surface area contributed by atoms with E-state index in [1.165, 1.54) is 12.7 Å². The van der Waals surface area contributed by atoms with Gasteiger partial charge in [-0.15, -0.1) is 0 Å². The first-order valence-electron chi connectivity index (χ1n) is 11.2. The molecule has 9 heteroatoms. The van der Waals surface area contributed by atoms with Crippen LogP contribution in [0.25, 0.3) is 11.1 Å². The fourth-order valence-corrected chi connectivity index (χ4v) is 4.83. The average molecular weight is 467 g/mol. The number of rotatable bonds is 9. The van der Waals surface area contributed by atoms with Crippen molar-refractivity contribution in [3.05, 3.63) is 53.2 Å². The Kier molecular flexibility index (Phi) is 6.78. The molecule has 1 aliphatic rings. The Balaban J connectivity index is 1.65. The van der Waals surface area contributed by atoms with Crippen LogP contribution in [-0.4, -0.2) is 46.8 Å². The van der Waals surface area contributed by atoms with Crippen molar-refractivity contribution in [2.75, 3.05) is 25.6 Å². The van der Waals surface area contributed by atoms with Crippen molar-refractivity contribution in [1.82, 2.24) is 25.5 Å². The van der Waals surface area contributed by atoms with Crippen LogP contribution in [0.4, 0.5) is 5.00 Å². The molecule has 1 atom stereocenters. The largest absolute Gasteiger partial charge is 0.494 e. The third kappa shape index (κ3) is 4.93. The van der Waals surface area contributed by atoms with E-state index < -0.39 is 5.54 Å². The van der Waals surface area contributed by atoms with E-state index in [-0.39, 0.29) is 5.91 Å². The fourth-order valence-electron chi connectivity index (χ4n) is 3.94. The minimum Gasteiger partial charge on any atom is -0.494 e. The zero-order valence-electron chi connectivity index (χ0n) is 19.5. The lowest BCUT2D eigenvalue weighted by atomic mass is 9.80. The molecule has 0 aliphatic carbocycles. The first kappa shape index (κ1) is 23.0. The van der Waals surface area contributed by atoms with Gasteiger partial charge in [-0.1, -0.05) is 43.2 Å². The number of nitrogens with zero attached hydrogens (tertiary/aromatic N) is 4. The number of amides is 1. The van der Waals surface area contributed by atoms with Crippen LogP contribution >= 0.6 is 11.3 Å². The molecule has 4 rings (SSSR count). The second-order valence-electron chi connectivity index (χ2n) is 8.63. The van der Waals surface area contributed by atoms with Gasteiger partial charge in [0.15, 0.2) is 5.82 Å². The predicted octanol–water partition coefficient (Wildman–Crippen LogP) is 4.24. The molecule has 0 unspecified atom stereocenters. The predicted molar refractivity (Wildman–Crippen MR) is 131 cm³/mol. The van der Waals surface area contributed by atoms with E-state index in [1.54, 1.807) is 11.3 Å². The zero-order valence-corrected chi connectivity index (χ0v) is 20.3. The van der Waals surface area contributed by atoms with E-state index in [1.807, 2.05) is 56.4 Å². The monoisotopic (exact) mass is 466 g/mol. The number of ether oxygens (including phenoxy) is 1. The summed E-state index contributed by atoms with van der Waals surface area (Å²) in [5.74, 6) is 1.09. The van der Waals surface area contributed by atoms with Gasteiger partial charge in [0.25, 0.3) is 5.91 Å². The third-order valence-corrected chi connectivity index (χ3v) is 7.03. The minimum atomic E-state index is -0.597. The summed E-state index contributed by atoms with van der Waals surface area (Å²) in [6.45, 7) is 4.93. The molecule has 1 aliphatic heterocycles. The summed E-state index contributed by atoms with van der Waals surface area (Å²) >= 11 is 1.56. The maximum absolute atomic E-state index is 13.4. The molecule has 0 spiro atoms. The van der Waals surface area contributed by atoms with Crippen molar-refractivity contribution in [2.45, 2.75) is 45.1 Å². The smallest absolute Gasteiger partial charge is 0.256 e. The SMILES string of the molecule is CCCCCOc1ccc([C@]2(C)CC(c3ncc(N(C)C)s3)=C(c3ncn[nH]3)C(=O)N2)cc1. The number of anilines is 1. The number of aromatic nitrogens is 4. The summed E-state index contributed by atoms with van der Waals surface area (Å²) in [5.41, 5.74) is 1.76. The van der Waals surface area contributed by atoms with Crippen LogP contribution in [0, 0.1) is 0 Å². The molecule has 0 fully saturated rings. The first-order chi connectivity index (χ1) is 15.9. The van der Waals surface area contributed by atoms with Crippen LogP contribution in [0.2, 0.25) is 0 Å². The van der Waals surface area contributed by atoms with Gasteiger partial charge < -0.3 is 15.0 Å². The van der Waals surface area contributed by atoms with Gasteiger partial charge in [-0.05, 0) is 31.0 Å². The van der Waals surface area contributed by atoms with Crippen LogP contribution < -0.4 is 15.0 Å². The molecule has 0 saturated carbocycles. The Labute approximate surface area is 198 Å². The molecule has 8 nitrogen and oxygen atoms in total. The highest BCUT2D eigenvalue weighted by Crippen LogP contribution is 2.43. The lowest BCUT2D eigenvalue weighted by Gasteiger charge is -2.36. The highest BCUT2D eigenvalue weighted by atomic mass is 32.1. The van der Waals surface area contributed by atoms with Gasteiger partial charge in [-0.2, -0.15) is 5.10 Å². The summed E-state index contributed by atoms with van der Waals surface area (Å²) in [7, 11) is 3.96. The average Bonchev–Trinajstić information content (AvgIpc) is 3.49. The van der Waals surface area contributed by atoms with Crippen molar-refractivity contribution in [2.24, 2.45) is 0 Å². The number of aromatic amines is 1. The van der Waals surface area contributed by atoms with Crippen LogP contribution in [-0.2, 0) is 10.3 Å². The molecule has 1 amide bonds. The van der Waals surface area contributed by atoms with Gasteiger partial charge >= 0.3 is 0 Å². The minimum absolute atomic E-state index is 0.197. The third-order valence-electron chi connectivity index (χ3n) is 5.80. The maximum Gasteiger partial charge on any atom is 0.256 e. The number of carbonyl (C=O) groups is 1. The summed E-state index contributed by atoms with van der Waals surface area (Å²) in [4.78, 5) is 24.3. The Bertz CT molecular complexity index is 1120. The van der Waals surface area contributed by atoms with Crippen molar-refractivity contribution in [3.63, 3.8) is 0 Å². The second-order valence-corrected chi connectivity index (χ2v) is 9.64. The highest BCUT2D eigenvalue weighted by Gasteiger charge is 2.39. The summed E-state index contributed by atoms with van der Waals surface area (Å²) in [6.07, 6.45) is 7.20. The summed E-state index contributed by atoms with van der Waals surface area (Å²) in [5, 5.41) is 11.8. The molecule has 0 saturated heterocycles. The number of hydrogen-bond donors (Lipinski definition) is 2. The van der Waals surface area contributed by atoms with E-state index in [0.717, 1.165) is 39.7 Å². The van der Waals surface area contributed by atoms with Crippen molar-refractivity contribution in [1.29, 1.82) is 0 Å². The Morgan fingerprint density at radius 1 is 1.18 bits per heavy atom. The number of carbonyl (C=O) groups excluding carboxylic acids is 1. The van der Waals surface area contributed by atoms with Crippen LogP contribution in [0.15, 0.2) is 36.8 Å². The number of hydrogen-bond acceptors (Lipinski definition) is 7. The van der Waals surface area contributed by atoms with Crippen LogP contribution in [0.5, 0.6) is 5.75 Å². The van der Waals surface area contributed by atoms with E-state index in [9.17, 15) is 4.79 Å². The number of H-pyrrole nitrogens is 1. The molecule has 1 aromatic carbocycles. The quantitative estimate of drug-likeness (QED) is 0.458. The Morgan fingerprint density at radius 3 is 2.61 bits per heavy atom. The number of benzene rings is 1. The number of unbranched alkanes of at least 4 members (excludes halogenated alkanes) is 2. The topological polar surface area (TPSA) is 96.0 Å². The normalized spacial score (nSPS) is 18.4. The van der Waals surface area contributed by atoms with Crippen molar-refractivity contribution < 1.29 is 9.53 Å². The van der Waals surface area contributed by atoms with Crippen LogP contribution in [0.1, 0.15) is 55.9 Å². The van der Waals surface area contributed by atoms with Gasteiger partial charge in [0, 0.05) is 26.1 Å². The fraction of sp³-hybridized carbons (Fsp3) is 0.417. The lowest BCUT2D eigenvalue weighted by molar-refractivity contribution is -0.117. The van der Waals surface area contributed by atoms with Crippen LogP contribution in [0.3, 0.4) is 0 Å². The van der Waals surface area contributed by atoms with Gasteiger partial charge in [-0.3, -0.25) is 9.89 Å². The molecular weight excluding hydrogens is 436 g/mol. The second kappa shape index (κ2) is 9.74. The Hall–Kier alpha value is -3.20. The van der Waals surface area contributed by atoms with Gasteiger partial charge in [-0.25, -0.2) is 9.97 Å². The van der Waals surface area contributed by atoms with Crippen molar-refractivity contribution >= 4 is 33.4 Å². The lowest BCUT2D eigenvalue weighted by Crippen LogP contribution is -2.47. The molecule has 0 bridgehead atoms. The van der Waals surface area contributed by atoms with E-state index in [0.29, 0.717) is 24.4 Å². The number of nitrogens with one attached hydrogen (secondary N) is 2. The van der Waals surface area contributed by atoms with E-state index in [4.69, 9.17) is 4.74 Å². The summed E-state index contributed by atoms with van der Waals surface area (Å²) < 4.78 is 5.86. The molecular formula is C24H30N6O2S. The molecule has 3 aromatic rings. The zero-order chi connectivity index (χ0) is 23.4. The molecule has 0 radical (unpaired) electrons. The van der Waals surface area contributed by atoms with Gasteiger partial charge in [0.2, 0.25) is 0 Å². The van der Waals surface area contributed by atoms with Gasteiger partial charge in [0.05, 0.1) is 23.9 Å². The van der Waals surface area contributed by atoms with E-state index >= 15 is 0 Å². The van der Waals surface area contributed by atoms with E-state index in [2.05, 4.69) is 32.4 Å². The first-order valence-corrected chi connectivity index (χ1v) is 12.0. The molecule has 2 aromatic heterocycles. The highest BCUT2D eigenvalue weighted by molar-refractivity contribution is 7.16. The standard InChI is InChI=1S/C24H30N6O2S/c1-5-6-7-12-32-17-10-8-16(9-11-17)24(2)13-18(23-25-14-19(33-23)30(3)4)20(22(31)28-24)21-26-15-27-29-21/h8-11,14-15H,5-7,12-13H2,1-4H3,(H,28,31)(H,26,27,29)/t24-/m0/s1. The Morgan fingerprint density at radius 2 is 1.97 bits per heavy atom. The molecule has 33 heavy (non-hydrogen) atoms. The molecule has 3 heterocycles. The van der Waals surface area contributed by atoms with Crippen molar-refractivity contribution in [3.8, 4) is 5.75 Å². The summed E-state index contributed by atoms with van der Waals surface area (Å²) in [6, 6.07) is 8.00. The van der Waals surface area contributed by atoms with Gasteiger partial charge in [0.1, 0.15) is 22.1 Å². The maximum atomic E-state index is 13.4. The molecule has 174 valence electrons. The molecule has 2 N–H and O–H groups in total.